The van der Waals surface area contributed by atoms with E-state index in [4.69, 9.17) is 5.11 Å². The van der Waals surface area contributed by atoms with Gasteiger partial charge in [-0.05, 0) is 37.3 Å². The van der Waals surface area contributed by atoms with Crippen molar-refractivity contribution in [1.29, 1.82) is 0 Å². The number of nitrogens with zero attached hydrogens (tertiary/aromatic N) is 1. The Bertz CT molecular complexity index is 584. The van der Waals surface area contributed by atoms with E-state index in [0.29, 0.717) is 30.9 Å². The van der Waals surface area contributed by atoms with Crippen LogP contribution in [0, 0.1) is 5.92 Å². The number of carboxylic acid groups (broad SMARTS) is 1. The van der Waals surface area contributed by atoms with Gasteiger partial charge in [0.05, 0.1) is 4.88 Å². The van der Waals surface area contributed by atoms with E-state index >= 15 is 0 Å². The first-order valence-corrected chi connectivity index (χ1v) is 8.72. The smallest absolute Gasteiger partial charge is 0.345 e. The van der Waals surface area contributed by atoms with Crippen molar-refractivity contribution in [3.8, 4) is 0 Å². The van der Waals surface area contributed by atoms with Gasteiger partial charge in [0.25, 0.3) is 5.91 Å². The molecule has 6 nitrogen and oxygen atoms in total. The fraction of sp³-hybridized carbons (Fsp3) is 0.562. The molecule has 1 aliphatic rings. The number of aromatic carboxylic acids is 1. The number of thiophene rings is 1. The zero-order valence-electron chi connectivity index (χ0n) is 13.2. The number of likely N-dealkylation sites (tertiary alicyclic amines) is 1. The standard InChI is InChI=1S/C16H22N2O4S/c1-2-4-14(19)17-9-11-5-3-8-18(10-11)15(20)12-6-7-13(23-12)16(21)22/h6-7,11H,2-5,8-10H2,1H3,(H,17,19)(H,21,22). The van der Waals surface area contributed by atoms with Gasteiger partial charge in [-0.2, -0.15) is 0 Å². The van der Waals surface area contributed by atoms with Crippen LogP contribution in [0.2, 0.25) is 0 Å². The molecule has 7 heteroatoms. The molecule has 1 unspecified atom stereocenters. The second-order valence-corrected chi connectivity index (χ2v) is 6.87. The van der Waals surface area contributed by atoms with Crippen molar-refractivity contribution in [1.82, 2.24) is 10.2 Å². The van der Waals surface area contributed by atoms with Gasteiger partial charge in [0.15, 0.2) is 0 Å². The van der Waals surface area contributed by atoms with Crippen LogP contribution in [0.3, 0.4) is 0 Å². The molecular weight excluding hydrogens is 316 g/mol. The predicted molar refractivity (Wildman–Crippen MR) is 87.8 cm³/mol. The summed E-state index contributed by atoms with van der Waals surface area (Å²) in [6.45, 7) is 3.84. The SMILES string of the molecule is CCCC(=O)NCC1CCCN(C(=O)c2ccc(C(=O)O)s2)C1. The molecule has 1 aromatic rings. The van der Waals surface area contributed by atoms with E-state index in [9.17, 15) is 14.4 Å². The Morgan fingerprint density at radius 3 is 2.74 bits per heavy atom. The summed E-state index contributed by atoms with van der Waals surface area (Å²) in [4.78, 5) is 37.3. The Morgan fingerprint density at radius 2 is 2.09 bits per heavy atom. The highest BCUT2D eigenvalue weighted by atomic mass is 32.1. The molecule has 0 radical (unpaired) electrons. The summed E-state index contributed by atoms with van der Waals surface area (Å²) in [5.74, 6) is -0.816. The minimum absolute atomic E-state index is 0.0558. The van der Waals surface area contributed by atoms with Gasteiger partial charge in [-0.1, -0.05) is 6.92 Å². The van der Waals surface area contributed by atoms with Crippen LogP contribution in [0.25, 0.3) is 0 Å². The lowest BCUT2D eigenvalue weighted by atomic mass is 9.97. The van der Waals surface area contributed by atoms with Gasteiger partial charge >= 0.3 is 5.97 Å². The summed E-state index contributed by atoms with van der Waals surface area (Å²) in [6.07, 6.45) is 3.24. The average Bonchev–Trinajstić information content (AvgIpc) is 3.03. The van der Waals surface area contributed by atoms with E-state index in [1.807, 2.05) is 6.92 Å². The van der Waals surface area contributed by atoms with Crippen LogP contribution < -0.4 is 5.32 Å². The highest BCUT2D eigenvalue weighted by molar-refractivity contribution is 7.15. The molecule has 1 fully saturated rings. The van der Waals surface area contributed by atoms with Crippen molar-refractivity contribution in [2.45, 2.75) is 32.6 Å². The van der Waals surface area contributed by atoms with E-state index < -0.39 is 5.97 Å². The number of amides is 2. The fourth-order valence-corrected chi connectivity index (χ4v) is 3.53. The van der Waals surface area contributed by atoms with Crippen molar-refractivity contribution in [3.05, 3.63) is 21.9 Å². The van der Waals surface area contributed by atoms with Gasteiger partial charge in [-0.15, -0.1) is 11.3 Å². The van der Waals surface area contributed by atoms with Crippen molar-refractivity contribution < 1.29 is 19.5 Å². The molecule has 2 N–H and O–H groups in total. The van der Waals surface area contributed by atoms with Crippen LogP contribution in [0.15, 0.2) is 12.1 Å². The summed E-state index contributed by atoms with van der Waals surface area (Å²) >= 11 is 1.01. The number of hydrogen-bond acceptors (Lipinski definition) is 4. The summed E-state index contributed by atoms with van der Waals surface area (Å²) < 4.78 is 0. The topological polar surface area (TPSA) is 86.7 Å². The second kappa shape index (κ2) is 8.10. The van der Waals surface area contributed by atoms with Gasteiger partial charge < -0.3 is 15.3 Å². The summed E-state index contributed by atoms with van der Waals surface area (Å²) in [5, 5.41) is 11.9. The maximum Gasteiger partial charge on any atom is 0.345 e. The minimum atomic E-state index is -1.01. The molecule has 126 valence electrons. The third-order valence-electron chi connectivity index (χ3n) is 3.90. The zero-order chi connectivity index (χ0) is 16.8. The fourth-order valence-electron chi connectivity index (χ4n) is 2.71. The summed E-state index contributed by atoms with van der Waals surface area (Å²) in [7, 11) is 0. The van der Waals surface area contributed by atoms with Crippen LogP contribution in [0.5, 0.6) is 0 Å². The quantitative estimate of drug-likeness (QED) is 0.832. The molecule has 23 heavy (non-hydrogen) atoms. The molecule has 0 saturated carbocycles. The summed E-state index contributed by atoms with van der Waals surface area (Å²) in [5.41, 5.74) is 0. The number of carboxylic acids is 1. The molecule has 0 aromatic carbocycles. The number of hydrogen-bond donors (Lipinski definition) is 2. The molecule has 2 amide bonds. The van der Waals surface area contributed by atoms with Crippen molar-refractivity contribution in [3.63, 3.8) is 0 Å². The number of piperidine rings is 1. The van der Waals surface area contributed by atoms with Gasteiger partial charge in [-0.25, -0.2) is 4.79 Å². The molecule has 1 atom stereocenters. The van der Waals surface area contributed by atoms with Crippen LogP contribution in [0.1, 0.15) is 52.0 Å². The highest BCUT2D eigenvalue weighted by Crippen LogP contribution is 2.22. The van der Waals surface area contributed by atoms with Gasteiger partial charge in [0, 0.05) is 26.1 Å². The Balaban J connectivity index is 1.90. The molecular formula is C16H22N2O4S. The lowest BCUT2D eigenvalue weighted by Crippen LogP contribution is -2.43. The maximum absolute atomic E-state index is 12.5. The van der Waals surface area contributed by atoms with Crippen LogP contribution in [0.4, 0.5) is 0 Å². The first kappa shape index (κ1) is 17.5. The predicted octanol–water partition coefficient (Wildman–Crippen LogP) is 2.21. The van der Waals surface area contributed by atoms with E-state index in [2.05, 4.69) is 5.32 Å². The largest absolute Gasteiger partial charge is 0.477 e. The zero-order valence-corrected chi connectivity index (χ0v) is 14.0. The maximum atomic E-state index is 12.5. The first-order chi connectivity index (χ1) is 11.0. The Hall–Kier alpha value is -1.89. The Kier molecular flexibility index (Phi) is 6.15. The lowest BCUT2D eigenvalue weighted by molar-refractivity contribution is -0.121. The molecule has 1 aliphatic heterocycles. The van der Waals surface area contributed by atoms with E-state index in [-0.39, 0.29) is 22.6 Å². The summed E-state index contributed by atoms with van der Waals surface area (Å²) in [6, 6.07) is 3.04. The lowest BCUT2D eigenvalue weighted by Gasteiger charge is -2.32. The van der Waals surface area contributed by atoms with Gasteiger partial charge in [0.2, 0.25) is 5.91 Å². The monoisotopic (exact) mass is 338 g/mol. The number of carbonyl (C=O) groups excluding carboxylic acids is 2. The van der Waals surface area contributed by atoms with Crippen LogP contribution in [-0.4, -0.2) is 47.4 Å². The van der Waals surface area contributed by atoms with Crippen LogP contribution >= 0.6 is 11.3 Å². The molecule has 0 aliphatic carbocycles. The second-order valence-electron chi connectivity index (χ2n) is 5.78. The highest BCUT2D eigenvalue weighted by Gasteiger charge is 2.26. The molecule has 2 heterocycles. The van der Waals surface area contributed by atoms with Crippen LogP contribution in [-0.2, 0) is 4.79 Å². The number of rotatable bonds is 6. The number of nitrogens with one attached hydrogen (secondary N) is 1. The third kappa shape index (κ3) is 4.79. The average molecular weight is 338 g/mol. The van der Waals surface area contributed by atoms with Crippen molar-refractivity contribution in [2.75, 3.05) is 19.6 Å². The Morgan fingerprint density at radius 1 is 1.35 bits per heavy atom. The molecule has 1 saturated heterocycles. The minimum Gasteiger partial charge on any atom is -0.477 e. The van der Waals surface area contributed by atoms with Gasteiger partial charge in [-0.3, -0.25) is 9.59 Å². The Labute approximate surface area is 139 Å². The van der Waals surface area contributed by atoms with Crippen molar-refractivity contribution >= 4 is 29.1 Å². The van der Waals surface area contributed by atoms with Crippen molar-refractivity contribution in [2.24, 2.45) is 5.92 Å². The van der Waals surface area contributed by atoms with E-state index in [0.717, 1.165) is 30.6 Å². The van der Waals surface area contributed by atoms with E-state index in [1.54, 1.807) is 11.0 Å². The molecule has 2 rings (SSSR count). The van der Waals surface area contributed by atoms with Gasteiger partial charge in [0.1, 0.15) is 4.88 Å². The number of carbonyl (C=O) groups is 3. The normalized spacial score (nSPS) is 17.8. The van der Waals surface area contributed by atoms with E-state index in [1.165, 1.54) is 6.07 Å². The molecule has 0 bridgehead atoms. The molecule has 0 spiro atoms. The first-order valence-electron chi connectivity index (χ1n) is 7.90. The molecule has 1 aromatic heterocycles. The third-order valence-corrected chi connectivity index (χ3v) is 4.96.